The first-order valence-electron chi connectivity index (χ1n) is 6.27. The molecular formula is C13H21N3O. The van der Waals surface area contributed by atoms with Crippen molar-refractivity contribution < 1.29 is 4.79 Å². The maximum Gasteiger partial charge on any atom is 0.268 e. The topological polar surface area (TPSA) is 60.1 Å². The summed E-state index contributed by atoms with van der Waals surface area (Å²) in [6.45, 7) is 6.22. The number of nitrogens with one attached hydrogen (secondary N) is 1. The average Bonchev–Trinajstić information content (AvgIpc) is 3.01. The number of hydrogen-bond acceptors (Lipinski definition) is 2. The predicted octanol–water partition coefficient (Wildman–Crippen LogP) is 2.18. The van der Waals surface area contributed by atoms with Gasteiger partial charge in [0.1, 0.15) is 5.69 Å². The monoisotopic (exact) mass is 235 g/mol. The van der Waals surface area contributed by atoms with E-state index in [1.165, 1.54) is 0 Å². The smallest absolute Gasteiger partial charge is 0.268 e. The Labute approximate surface area is 102 Å². The van der Waals surface area contributed by atoms with Crippen LogP contribution in [0.1, 0.15) is 50.1 Å². The summed E-state index contributed by atoms with van der Waals surface area (Å²) in [4.78, 5) is 12.1. The molecule has 2 rings (SSSR count). The molecule has 0 aromatic carbocycles. The summed E-state index contributed by atoms with van der Waals surface area (Å²) in [5.74, 6) is 0.412. The van der Waals surface area contributed by atoms with Crippen molar-refractivity contribution in [1.29, 1.82) is 0 Å². The minimum atomic E-state index is -0.0187. The quantitative estimate of drug-likeness (QED) is 0.840. The van der Waals surface area contributed by atoms with Gasteiger partial charge in [-0.25, -0.2) is 0 Å². The molecule has 1 saturated carbocycles. The van der Waals surface area contributed by atoms with Gasteiger partial charge in [-0.3, -0.25) is 4.79 Å². The normalized spacial score (nSPS) is 17.2. The molecule has 0 saturated heterocycles. The number of aromatic nitrogens is 1. The number of carbonyl (C=O) groups excluding carboxylic acids is 1. The van der Waals surface area contributed by atoms with E-state index in [1.54, 1.807) is 6.07 Å². The number of nitrogens with two attached hydrogens (primary N) is 1. The van der Waals surface area contributed by atoms with E-state index in [9.17, 15) is 4.79 Å². The molecule has 1 fully saturated rings. The molecule has 4 nitrogen and oxygen atoms in total. The van der Waals surface area contributed by atoms with E-state index in [-0.39, 0.29) is 11.9 Å². The van der Waals surface area contributed by atoms with Crippen LogP contribution >= 0.6 is 0 Å². The average molecular weight is 235 g/mol. The molecule has 0 bridgehead atoms. The van der Waals surface area contributed by atoms with Gasteiger partial charge in [-0.2, -0.15) is 0 Å². The van der Waals surface area contributed by atoms with Crippen molar-refractivity contribution in [2.24, 2.45) is 5.92 Å². The highest BCUT2D eigenvalue weighted by atomic mass is 16.2. The predicted molar refractivity (Wildman–Crippen MR) is 68.9 cm³/mol. The fourth-order valence-corrected chi connectivity index (χ4v) is 1.78. The first-order valence-corrected chi connectivity index (χ1v) is 6.27. The largest absolute Gasteiger partial charge is 0.397 e. The summed E-state index contributed by atoms with van der Waals surface area (Å²) in [6, 6.07) is 2.41. The summed E-state index contributed by atoms with van der Waals surface area (Å²) in [5, 5.41) is 3.02. The van der Waals surface area contributed by atoms with Crippen molar-refractivity contribution in [3.63, 3.8) is 0 Å². The summed E-state index contributed by atoms with van der Waals surface area (Å²) < 4.78 is 2.01. The molecular weight excluding hydrogens is 214 g/mol. The van der Waals surface area contributed by atoms with Crippen molar-refractivity contribution in [2.75, 3.05) is 5.73 Å². The lowest BCUT2D eigenvalue weighted by Gasteiger charge is -2.18. The van der Waals surface area contributed by atoms with E-state index in [4.69, 9.17) is 5.73 Å². The Kier molecular flexibility index (Phi) is 3.13. The SMILES string of the molecule is CC(C)C(C)NC(=O)c1cc(N)cn1C1CC1. The molecule has 0 spiro atoms. The molecule has 1 aromatic rings. The first kappa shape index (κ1) is 12.0. The van der Waals surface area contributed by atoms with Crippen LogP contribution in [-0.2, 0) is 0 Å². The lowest BCUT2D eigenvalue weighted by atomic mass is 10.1. The number of rotatable bonds is 4. The van der Waals surface area contributed by atoms with Crippen LogP contribution in [0.25, 0.3) is 0 Å². The van der Waals surface area contributed by atoms with Crippen LogP contribution in [-0.4, -0.2) is 16.5 Å². The van der Waals surface area contributed by atoms with Gasteiger partial charge in [-0.15, -0.1) is 0 Å². The van der Waals surface area contributed by atoms with Crippen LogP contribution in [0.3, 0.4) is 0 Å². The van der Waals surface area contributed by atoms with Crippen LogP contribution in [0, 0.1) is 5.92 Å². The van der Waals surface area contributed by atoms with Crippen LogP contribution in [0.15, 0.2) is 12.3 Å². The highest BCUT2D eigenvalue weighted by molar-refractivity contribution is 5.94. The number of hydrogen-bond donors (Lipinski definition) is 2. The Hall–Kier alpha value is -1.45. The number of nitrogen functional groups attached to an aromatic ring is 1. The van der Waals surface area contributed by atoms with E-state index in [0.717, 1.165) is 12.8 Å². The number of carbonyl (C=O) groups is 1. The highest BCUT2D eigenvalue weighted by Crippen LogP contribution is 2.37. The Morgan fingerprint density at radius 1 is 1.47 bits per heavy atom. The van der Waals surface area contributed by atoms with Crippen LogP contribution in [0.4, 0.5) is 5.69 Å². The van der Waals surface area contributed by atoms with E-state index in [1.807, 2.05) is 17.7 Å². The molecule has 4 heteroatoms. The van der Waals surface area contributed by atoms with Gasteiger partial charge >= 0.3 is 0 Å². The molecule has 17 heavy (non-hydrogen) atoms. The summed E-state index contributed by atoms with van der Waals surface area (Å²) in [5.41, 5.74) is 7.13. The van der Waals surface area contributed by atoms with Crippen molar-refractivity contribution in [3.05, 3.63) is 18.0 Å². The van der Waals surface area contributed by atoms with Crippen LogP contribution < -0.4 is 11.1 Å². The Balaban J connectivity index is 2.13. The van der Waals surface area contributed by atoms with Crippen molar-refractivity contribution >= 4 is 11.6 Å². The summed E-state index contributed by atoms with van der Waals surface area (Å²) in [7, 11) is 0. The third kappa shape index (κ3) is 2.62. The molecule has 1 amide bonds. The fourth-order valence-electron chi connectivity index (χ4n) is 1.78. The summed E-state index contributed by atoms with van der Waals surface area (Å²) in [6.07, 6.45) is 4.16. The first-order chi connectivity index (χ1) is 7.99. The Morgan fingerprint density at radius 3 is 2.65 bits per heavy atom. The van der Waals surface area contributed by atoms with Gasteiger partial charge in [-0.1, -0.05) is 13.8 Å². The molecule has 3 N–H and O–H groups in total. The van der Waals surface area contributed by atoms with Crippen molar-refractivity contribution in [1.82, 2.24) is 9.88 Å². The van der Waals surface area contributed by atoms with E-state index < -0.39 is 0 Å². The molecule has 94 valence electrons. The van der Waals surface area contributed by atoms with Gasteiger partial charge in [0.2, 0.25) is 0 Å². The molecule has 1 heterocycles. The maximum atomic E-state index is 12.1. The van der Waals surface area contributed by atoms with Gasteiger partial charge in [0.25, 0.3) is 5.91 Å². The zero-order valence-electron chi connectivity index (χ0n) is 10.7. The Morgan fingerprint density at radius 2 is 2.12 bits per heavy atom. The van der Waals surface area contributed by atoms with E-state index >= 15 is 0 Å². The minimum Gasteiger partial charge on any atom is -0.397 e. The highest BCUT2D eigenvalue weighted by Gasteiger charge is 2.28. The van der Waals surface area contributed by atoms with Crippen molar-refractivity contribution in [3.8, 4) is 0 Å². The van der Waals surface area contributed by atoms with Crippen LogP contribution in [0.2, 0.25) is 0 Å². The van der Waals surface area contributed by atoms with E-state index in [2.05, 4.69) is 19.2 Å². The van der Waals surface area contributed by atoms with Gasteiger partial charge in [0, 0.05) is 18.3 Å². The van der Waals surface area contributed by atoms with Gasteiger partial charge in [0.05, 0.1) is 5.69 Å². The number of anilines is 1. The molecule has 1 aliphatic carbocycles. The van der Waals surface area contributed by atoms with Crippen LogP contribution in [0.5, 0.6) is 0 Å². The zero-order chi connectivity index (χ0) is 12.6. The second-order valence-electron chi connectivity index (χ2n) is 5.30. The van der Waals surface area contributed by atoms with Gasteiger partial charge in [-0.05, 0) is 31.7 Å². The maximum absolute atomic E-state index is 12.1. The minimum absolute atomic E-state index is 0.0187. The van der Waals surface area contributed by atoms with E-state index in [0.29, 0.717) is 23.3 Å². The molecule has 1 atom stereocenters. The zero-order valence-corrected chi connectivity index (χ0v) is 10.7. The standard InChI is InChI=1S/C13H21N3O/c1-8(2)9(3)15-13(17)12-6-10(14)7-16(12)11-4-5-11/h6-9,11H,4-5,14H2,1-3H3,(H,15,17). The molecule has 1 unspecified atom stereocenters. The molecule has 1 aromatic heterocycles. The Bertz CT molecular complexity index is 418. The second kappa shape index (κ2) is 4.43. The molecule has 1 aliphatic rings. The molecule has 0 radical (unpaired) electrons. The lowest BCUT2D eigenvalue weighted by Crippen LogP contribution is -2.37. The lowest BCUT2D eigenvalue weighted by molar-refractivity contribution is 0.0921. The third-order valence-corrected chi connectivity index (χ3v) is 3.40. The summed E-state index contributed by atoms with van der Waals surface area (Å²) >= 11 is 0. The molecule has 0 aliphatic heterocycles. The fraction of sp³-hybridized carbons (Fsp3) is 0.615. The second-order valence-corrected chi connectivity index (χ2v) is 5.30. The van der Waals surface area contributed by atoms with Gasteiger partial charge < -0.3 is 15.6 Å². The number of nitrogens with zero attached hydrogens (tertiary/aromatic N) is 1. The number of amides is 1. The van der Waals surface area contributed by atoms with Crippen molar-refractivity contribution in [2.45, 2.75) is 45.7 Å². The van der Waals surface area contributed by atoms with Gasteiger partial charge in [0.15, 0.2) is 0 Å². The third-order valence-electron chi connectivity index (χ3n) is 3.40.